The number of para-hydroxylation sites is 1. The Morgan fingerprint density at radius 1 is 1.03 bits per heavy atom. The molecule has 0 atom stereocenters. The molecule has 0 unspecified atom stereocenters. The van der Waals surface area contributed by atoms with Crippen LogP contribution in [0.1, 0.15) is 16.8 Å². The van der Waals surface area contributed by atoms with Crippen molar-refractivity contribution in [3.63, 3.8) is 0 Å². The van der Waals surface area contributed by atoms with Gasteiger partial charge >= 0.3 is 0 Å². The van der Waals surface area contributed by atoms with Gasteiger partial charge in [-0.2, -0.15) is 9.29 Å². The van der Waals surface area contributed by atoms with Gasteiger partial charge in [-0.1, -0.05) is 60.1 Å². The fourth-order valence-corrected chi connectivity index (χ4v) is 5.85. The third kappa shape index (κ3) is 5.44. The number of halogens is 2. The van der Waals surface area contributed by atoms with Crippen LogP contribution in [0.4, 0.5) is 10.3 Å². The summed E-state index contributed by atoms with van der Waals surface area (Å²) < 4.78 is 48.5. The molecule has 5 rings (SSSR count). The summed E-state index contributed by atoms with van der Waals surface area (Å²) in [5.74, 6) is -0.0285. The van der Waals surface area contributed by atoms with Crippen molar-refractivity contribution in [1.82, 2.24) is 14.3 Å². The minimum atomic E-state index is -3.84. The molecule has 1 aromatic heterocycles. The largest absolute Gasteiger partial charge is 0.435 e. The Hall–Kier alpha value is -3.53. The normalized spacial score (nSPS) is 13.7. The van der Waals surface area contributed by atoms with Crippen LogP contribution in [-0.2, 0) is 29.5 Å². The van der Waals surface area contributed by atoms with E-state index in [4.69, 9.17) is 21.3 Å². The van der Waals surface area contributed by atoms with E-state index in [9.17, 15) is 12.8 Å². The van der Waals surface area contributed by atoms with E-state index in [0.717, 1.165) is 5.56 Å². The third-order valence-corrected chi connectivity index (χ3v) is 8.13. The number of fused-ring (bicyclic) bond motifs is 1. The van der Waals surface area contributed by atoms with E-state index in [0.29, 0.717) is 35.2 Å². The van der Waals surface area contributed by atoms with Gasteiger partial charge in [0.05, 0.1) is 16.2 Å². The summed E-state index contributed by atoms with van der Waals surface area (Å²) in [6.45, 7) is 0.754. The molecule has 0 amide bonds. The number of anilines is 1. The first kappa shape index (κ1) is 25.1. The minimum absolute atomic E-state index is 0.00474. The molecule has 0 N–H and O–H groups in total. The fraction of sp³-hybridized carbons (Fsp3) is 0.185. The van der Waals surface area contributed by atoms with Gasteiger partial charge in [0.25, 0.3) is 0 Å². The van der Waals surface area contributed by atoms with Crippen LogP contribution >= 0.6 is 11.6 Å². The predicted octanol–water partition coefficient (Wildman–Crippen LogP) is 5.44. The lowest BCUT2D eigenvalue weighted by Gasteiger charge is -2.29. The lowest BCUT2D eigenvalue weighted by molar-refractivity contribution is 0.364. The van der Waals surface area contributed by atoms with Crippen LogP contribution in [0.25, 0.3) is 0 Å². The monoisotopic (exact) mass is 538 g/mol. The molecule has 190 valence electrons. The first-order valence-electron chi connectivity index (χ1n) is 11.6. The van der Waals surface area contributed by atoms with Crippen molar-refractivity contribution in [3.8, 4) is 11.6 Å². The summed E-state index contributed by atoms with van der Waals surface area (Å²) in [5, 5.41) is 0.330. The summed E-state index contributed by atoms with van der Waals surface area (Å²) in [6.07, 6.45) is 0.345. The number of ether oxygens (including phenoxy) is 1. The standard InChI is InChI=1S/C27H24ClFN4O3S/c1-32(17-19-8-3-2-4-9-19)27-30-24-14-15-33(37(34,35)21-11-7-10-20(28)16-21)18-22(24)26(31-27)36-25-13-6-5-12-23(25)29/h2-13,16H,14-15,17-18H2,1H3. The van der Waals surface area contributed by atoms with Gasteiger partial charge in [-0.3, -0.25) is 0 Å². The average Bonchev–Trinajstić information content (AvgIpc) is 2.90. The zero-order chi connectivity index (χ0) is 26.0. The number of hydrogen-bond acceptors (Lipinski definition) is 6. The number of rotatable bonds is 7. The average molecular weight is 539 g/mol. The highest BCUT2D eigenvalue weighted by atomic mass is 35.5. The molecule has 0 bridgehead atoms. The van der Waals surface area contributed by atoms with Gasteiger partial charge in [0.2, 0.25) is 21.9 Å². The molecule has 4 aromatic rings. The van der Waals surface area contributed by atoms with Crippen LogP contribution in [0.15, 0.2) is 83.8 Å². The first-order chi connectivity index (χ1) is 17.8. The predicted molar refractivity (Wildman–Crippen MR) is 140 cm³/mol. The topological polar surface area (TPSA) is 75.6 Å². The van der Waals surface area contributed by atoms with Crippen molar-refractivity contribution in [2.24, 2.45) is 0 Å². The van der Waals surface area contributed by atoms with Crippen LogP contribution in [0.5, 0.6) is 11.6 Å². The molecule has 37 heavy (non-hydrogen) atoms. The molecular weight excluding hydrogens is 515 g/mol. The molecule has 0 saturated heterocycles. The maximum Gasteiger partial charge on any atom is 0.243 e. The van der Waals surface area contributed by atoms with Gasteiger partial charge < -0.3 is 9.64 Å². The maximum atomic E-state index is 14.5. The van der Waals surface area contributed by atoms with Gasteiger partial charge in [-0.15, -0.1) is 0 Å². The lowest BCUT2D eigenvalue weighted by atomic mass is 10.1. The Balaban J connectivity index is 1.52. The molecule has 0 spiro atoms. The van der Waals surface area contributed by atoms with Gasteiger partial charge in [0.1, 0.15) is 0 Å². The Bertz CT molecular complexity index is 1540. The van der Waals surface area contributed by atoms with E-state index >= 15 is 0 Å². The van der Waals surface area contributed by atoms with E-state index in [1.54, 1.807) is 24.3 Å². The second kappa shape index (κ2) is 10.5. The number of aromatic nitrogens is 2. The summed E-state index contributed by atoms with van der Waals surface area (Å²) in [4.78, 5) is 11.3. The third-order valence-electron chi connectivity index (χ3n) is 6.06. The molecule has 7 nitrogen and oxygen atoms in total. The van der Waals surface area contributed by atoms with Gasteiger partial charge in [-0.25, -0.2) is 17.8 Å². The minimum Gasteiger partial charge on any atom is -0.435 e. The van der Waals surface area contributed by atoms with Crippen molar-refractivity contribution in [3.05, 3.63) is 107 Å². The highest BCUT2D eigenvalue weighted by molar-refractivity contribution is 7.89. The molecule has 0 fully saturated rings. The van der Waals surface area contributed by atoms with Crippen LogP contribution < -0.4 is 9.64 Å². The van der Waals surface area contributed by atoms with E-state index in [-0.39, 0.29) is 29.6 Å². The molecule has 1 aliphatic rings. The highest BCUT2D eigenvalue weighted by Crippen LogP contribution is 2.34. The number of nitrogens with zero attached hydrogens (tertiary/aromatic N) is 4. The lowest BCUT2D eigenvalue weighted by Crippen LogP contribution is -2.37. The van der Waals surface area contributed by atoms with Crippen molar-refractivity contribution in [2.45, 2.75) is 24.4 Å². The number of benzene rings is 3. The maximum absolute atomic E-state index is 14.5. The summed E-state index contributed by atoms with van der Waals surface area (Å²) in [7, 11) is -1.98. The second-order valence-electron chi connectivity index (χ2n) is 8.67. The van der Waals surface area contributed by atoms with Gasteiger partial charge in [-0.05, 0) is 35.9 Å². The summed E-state index contributed by atoms with van der Waals surface area (Å²) in [6, 6.07) is 22.0. The molecule has 0 aliphatic carbocycles. The Morgan fingerprint density at radius 3 is 2.54 bits per heavy atom. The van der Waals surface area contributed by atoms with Crippen molar-refractivity contribution < 1.29 is 17.5 Å². The molecule has 1 aliphatic heterocycles. The Labute approximate surface area is 220 Å². The summed E-state index contributed by atoms with van der Waals surface area (Å²) in [5.41, 5.74) is 2.23. The molecule has 0 saturated carbocycles. The summed E-state index contributed by atoms with van der Waals surface area (Å²) >= 11 is 6.04. The quantitative estimate of drug-likeness (QED) is 0.312. The Kier molecular flexibility index (Phi) is 7.10. The second-order valence-corrected chi connectivity index (χ2v) is 11.0. The van der Waals surface area contributed by atoms with E-state index in [1.807, 2.05) is 42.3 Å². The van der Waals surface area contributed by atoms with Crippen molar-refractivity contribution in [1.29, 1.82) is 0 Å². The molecule has 3 aromatic carbocycles. The Morgan fingerprint density at radius 2 is 1.78 bits per heavy atom. The van der Waals surface area contributed by atoms with Crippen LogP contribution in [0, 0.1) is 5.82 Å². The van der Waals surface area contributed by atoms with Crippen LogP contribution in [-0.4, -0.2) is 36.3 Å². The van der Waals surface area contributed by atoms with E-state index < -0.39 is 15.8 Å². The van der Waals surface area contributed by atoms with Crippen LogP contribution in [0.3, 0.4) is 0 Å². The zero-order valence-electron chi connectivity index (χ0n) is 20.0. The molecule has 0 radical (unpaired) electrons. The zero-order valence-corrected chi connectivity index (χ0v) is 21.6. The number of sulfonamides is 1. The van der Waals surface area contributed by atoms with Crippen molar-refractivity contribution in [2.75, 3.05) is 18.5 Å². The fourth-order valence-electron chi connectivity index (χ4n) is 4.14. The smallest absolute Gasteiger partial charge is 0.243 e. The van der Waals surface area contributed by atoms with Gasteiger partial charge in [0.15, 0.2) is 11.6 Å². The van der Waals surface area contributed by atoms with Crippen LogP contribution in [0.2, 0.25) is 5.02 Å². The van der Waals surface area contributed by atoms with Gasteiger partial charge in [0, 0.05) is 38.1 Å². The first-order valence-corrected chi connectivity index (χ1v) is 13.5. The molecule has 2 heterocycles. The van der Waals surface area contributed by atoms with Crippen molar-refractivity contribution >= 4 is 27.6 Å². The molecule has 10 heteroatoms. The molecular formula is C27H24ClFN4O3S. The number of hydrogen-bond donors (Lipinski definition) is 0. The highest BCUT2D eigenvalue weighted by Gasteiger charge is 2.32. The van der Waals surface area contributed by atoms with E-state index in [2.05, 4.69) is 4.98 Å². The SMILES string of the molecule is CN(Cc1ccccc1)c1nc2c(c(Oc3ccccc3F)n1)CN(S(=O)(=O)c1cccc(Cl)c1)CC2. The van der Waals surface area contributed by atoms with E-state index in [1.165, 1.54) is 28.6 Å².